The molecule has 2 heterocycles. The van der Waals surface area contributed by atoms with E-state index < -0.39 is 0 Å². The van der Waals surface area contributed by atoms with Gasteiger partial charge >= 0.3 is 0 Å². The van der Waals surface area contributed by atoms with E-state index in [-0.39, 0.29) is 0 Å². The standard InChI is InChI=1S/C20H28N4OS/c1-4-14-26-19-15-18(24-12-10-23(5-2)11-13-24)21-20(22-19)16-6-8-17(25-3)9-7-16/h6-9,15H,4-5,10-14H2,1-3H3. The molecule has 5 nitrogen and oxygen atoms in total. The topological polar surface area (TPSA) is 41.5 Å². The molecule has 0 aliphatic carbocycles. The average Bonchev–Trinajstić information content (AvgIpc) is 2.72. The lowest BCUT2D eigenvalue weighted by atomic mass is 10.2. The number of piperazine rings is 1. The number of rotatable bonds is 7. The Hall–Kier alpha value is -1.79. The van der Waals surface area contributed by atoms with Gasteiger partial charge in [-0.15, -0.1) is 11.8 Å². The van der Waals surface area contributed by atoms with Crippen molar-refractivity contribution in [1.82, 2.24) is 14.9 Å². The number of thioether (sulfide) groups is 1. The highest BCUT2D eigenvalue weighted by Gasteiger charge is 2.19. The van der Waals surface area contributed by atoms with E-state index in [1.54, 1.807) is 7.11 Å². The van der Waals surface area contributed by atoms with Crippen molar-refractivity contribution >= 4 is 17.6 Å². The van der Waals surface area contributed by atoms with Gasteiger partial charge < -0.3 is 14.5 Å². The van der Waals surface area contributed by atoms with Crippen molar-refractivity contribution in [3.8, 4) is 17.1 Å². The second-order valence-electron chi connectivity index (χ2n) is 6.39. The maximum Gasteiger partial charge on any atom is 0.162 e. The van der Waals surface area contributed by atoms with Crippen LogP contribution in [0.5, 0.6) is 5.75 Å². The largest absolute Gasteiger partial charge is 0.497 e. The molecule has 0 atom stereocenters. The molecule has 1 aromatic heterocycles. The highest BCUT2D eigenvalue weighted by molar-refractivity contribution is 7.99. The van der Waals surface area contributed by atoms with Crippen molar-refractivity contribution in [3.63, 3.8) is 0 Å². The predicted octanol–water partition coefficient (Wildman–Crippen LogP) is 3.80. The van der Waals surface area contributed by atoms with Crippen LogP contribution in [0.25, 0.3) is 11.4 Å². The number of aromatic nitrogens is 2. The summed E-state index contributed by atoms with van der Waals surface area (Å²) in [5.41, 5.74) is 1.03. The lowest BCUT2D eigenvalue weighted by molar-refractivity contribution is 0.270. The fourth-order valence-electron chi connectivity index (χ4n) is 3.02. The number of methoxy groups -OCH3 is 1. The summed E-state index contributed by atoms with van der Waals surface area (Å²) < 4.78 is 5.26. The summed E-state index contributed by atoms with van der Waals surface area (Å²) in [7, 11) is 1.68. The van der Waals surface area contributed by atoms with Gasteiger partial charge in [0, 0.05) is 37.8 Å². The van der Waals surface area contributed by atoms with Crippen LogP contribution < -0.4 is 9.64 Å². The Morgan fingerprint density at radius 3 is 2.38 bits per heavy atom. The third-order valence-corrected chi connectivity index (χ3v) is 5.75. The second kappa shape index (κ2) is 9.24. The highest BCUT2D eigenvalue weighted by atomic mass is 32.2. The normalized spacial score (nSPS) is 15.3. The van der Waals surface area contributed by atoms with Crippen molar-refractivity contribution in [1.29, 1.82) is 0 Å². The van der Waals surface area contributed by atoms with Gasteiger partial charge in [-0.1, -0.05) is 13.8 Å². The van der Waals surface area contributed by atoms with Crippen LogP contribution in [0.3, 0.4) is 0 Å². The van der Waals surface area contributed by atoms with Gasteiger partial charge in [0.05, 0.1) is 7.11 Å². The fraction of sp³-hybridized carbons (Fsp3) is 0.500. The Morgan fingerprint density at radius 2 is 1.77 bits per heavy atom. The van der Waals surface area contributed by atoms with E-state index in [2.05, 4.69) is 29.7 Å². The summed E-state index contributed by atoms with van der Waals surface area (Å²) in [6, 6.07) is 10.1. The molecule has 1 fully saturated rings. The molecule has 0 spiro atoms. The van der Waals surface area contributed by atoms with Crippen molar-refractivity contribution in [3.05, 3.63) is 30.3 Å². The van der Waals surface area contributed by atoms with Crippen molar-refractivity contribution in [2.45, 2.75) is 25.3 Å². The summed E-state index contributed by atoms with van der Waals surface area (Å²) in [6.07, 6.45) is 1.14. The van der Waals surface area contributed by atoms with Crippen LogP contribution in [0.1, 0.15) is 20.3 Å². The molecule has 1 aliphatic rings. The Balaban J connectivity index is 1.88. The minimum atomic E-state index is 0.793. The first-order valence-electron chi connectivity index (χ1n) is 9.37. The van der Waals surface area contributed by atoms with E-state index in [4.69, 9.17) is 14.7 Å². The second-order valence-corrected chi connectivity index (χ2v) is 7.50. The van der Waals surface area contributed by atoms with Crippen molar-refractivity contribution < 1.29 is 4.74 Å². The predicted molar refractivity (Wildman–Crippen MR) is 109 cm³/mol. The first kappa shape index (κ1) is 19.0. The lowest BCUT2D eigenvalue weighted by Gasteiger charge is -2.35. The van der Waals surface area contributed by atoms with Crippen LogP contribution >= 0.6 is 11.8 Å². The van der Waals surface area contributed by atoms with Crippen LogP contribution in [0.2, 0.25) is 0 Å². The Bertz CT molecular complexity index is 699. The monoisotopic (exact) mass is 372 g/mol. The van der Waals surface area contributed by atoms with Gasteiger partial charge in [0.25, 0.3) is 0 Å². The molecule has 0 amide bonds. The number of anilines is 1. The minimum absolute atomic E-state index is 0.793. The van der Waals surface area contributed by atoms with Gasteiger partial charge in [0.1, 0.15) is 16.6 Å². The Morgan fingerprint density at radius 1 is 1.04 bits per heavy atom. The molecular weight excluding hydrogens is 344 g/mol. The van der Waals surface area contributed by atoms with E-state index >= 15 is 0 Å². The molecule has 2 aromatic rings. The maximum absolute atomic E-state index is 5.26. The summed E-state index contributed by atoms with van der Waals surface area (Å²) in [4.78, 5) is 14.5. The highest BCUT2D eigenvalue weighted by Crippen LogP contribution is 2.27. The number of hydrogen-bond acceptors (Lipinski definition) is 6. The zero-order chi connectivity index (χ0) is 18.4. The molecule has 6 heteroatoms. The number of likely N-dealkylation sites (N-methyl/N-ethyl adjacent to an activating group) is 1. The molecule has 0 bridgehead atoms. The van der Waals surface area contributed by atoms with Crippen LogP contribution in [-0.2, 0) is 0 Å². The van der Waals surface area contributed by atoms with Gasteiger partial charge in [-0.25, -0.2) is 9.97 Å². The smallest absolute Gasteiger partial charge is 0.162 e. The van der Waals surface area contributed by atoms with Gasteiger partial charge in [-0.2, -0.15) is 0 Å². The van der Waals surface area contributed by atoms with Crippen molar-refractivity contribution in [2.75, 3.05) is 50.5 Å². The summed E-state index contributed by atoms with van der Waals surface area (Å²) in [6.45, 7) is 9.76. The van der Waals surface area contributed by atoms with Crippen LogP contribution in [-0.4, -0.2) is 60.5 Å². The third kappa shape index (κ3) is 4.68. The number of nitrogens with zero attached hydrogens (tertiary/aromatic N) is 4. The molecule has 26 heavy (non-hydrogen) atoms. The molecule has 0 radical (unpaired) electrons. The van der Waals surface area contributed by atoms with Crippen LogP contribution in [0.4, 0.5) is 5.82 Å². The maximum atomic E-state index is 5.26. The quantitative estimate of drug-likeness (QED) is 0.544. The van der Waals surface area contributed by atoms with Gasteiger partial charge in [0.2, 0.25) is 0 Å². The first-order valence-corrected chi connectivity index (χ1v) is 10.4. The van der Waals surface area contributed by atoms with Crippen LogP contribution in [0.15, 0.2) is 35.4 Å². The molecule has 1 aliphatic heterocycles. The van der Waals surface area contributed by atoms with Gasteiger partial charge in [0.15, 0.2) is 5.82 Å². The van der Waals surface area contributed by atoms with E-state index in [0.717, 1.165) is 72.9 Å². The molecule has 140 valence electrons. The van der Waals surface area contributed by atoms with E-state index in [1.165, 1.54) is 0 Å². The summed E-state index contributed by atoms with van der Waals surface area (Å²) >= 11 is 1.81. The Kier molecular flexibility index (Phi) is 6.74. The number of benzene rings is 1. The lowest BCUT2D eigenvalue weighted by Crippen LogP contribution is -2.46. The third-order valence-electron chi connectivity index (χ3n) is 4.63. The van der Waals surface area contributed by atoms with E-state index in [0.29, 0.717) is 0 Å². The zero-order valence-electron chi connectivity index (χ0n) is 15.9. The first-order chi connectivity index (χ1) is 12.7. The SMILES string of the molecule is CCCSc1cc(N2CCN(CC)CC2)nc(-c2ccc(OC)cc2)n1. The van der Waals surface area contributed by atoms with Gasteiger partial charge in [-0.05, 0) is 43.0 Å². The van der Waals surface area contributed by atoms with Crippen LogP contribution in [0, 0.1) is 0 Å². The van der Waals surface area contributed by atoms with Gasteiger partial charge in [-0.3, -0.25) is 0 Å². The molecular formula is C20H28N4OS. The summed E-state index contributed by atoms with van der Waals surface area (Å²) in [5.74, 6) is 3.75. The molecule has 0 unspecified atom stereocenters. The van der Waals surface area contributed by atoms with Crippen molar-refractivity contribution in [2.24, 2.45) is 0 Å². The molecule has 0 N–H and O–H groups in total. The number of ether oxygens (including phenoxy) is 1. The molecule has 1 aromatic carbocycles. The number of hydrogen-bond donors (Lipinski definition) is 0. The fourth-order valence-corrected chi connectivity index (χ4v) is 3.77. The summed E-state index contributed by atoms with van der Waals surface area (Å²) in [5, 5.41) is 1.06. The molecule has 0 saturated carbocycles. The molecule has 3 rings (SSSR count). The Labute approximate surface area is 160 Å². The minimum Gasteiger partial charge on any atom is -0.497 e. The molecule has 1 saturated heterocycles. The average molecular weight is 373 g/mol. The van der Waals surface area contributed by atoms with E-state index in [9.17, 15) is 0 Å². The zero-order valence-corrected chi connectivity index (χ0v) is 16.8. The van der Waals surface area contributed by atoms with E-state index in [1.807, 2.05) is 36.0 Å².